The lowest BCUT2D eigenvalue weighted by molar-refractivity contribution is 0.0478. The van der Waals surface area contributed by atoms with Crippen molar-refractivity contribution in [3.63, 3.8) is 0 Å². The second-order valence-electron chi connectivity index (χ2n) is 3.37. The number of ether oxygens (including phenoxy) is 1. The first-order valence-corrected chi connectivity index (χ1v) is 6.96. The van der Waals surface area contributed by atoms with Gasteiger partial charge < -0.3 is 4.74 Å². The van der Waals surface area contributed by atoms with Crippen molar-refractivity contribution in [2.75, 3.05) is 0 Å². The van der Waals surface area contributed by atoms with E-state index in [1.165, 1.54) is 11.3 Å². The van der Waals surface area contributed by atoms with Crippen molar-refractivity contribution in [1.29, 1.82) is 0 Å². The molecule has 2 nitrogen and oxygen atoms in total. The smallest absolute Gasteiger partial charge is 0.348 e. The van der Waals surface area contributed by atoms with E-state index in [4.69, 9.17) is 4.74 Å². The average Bonchev–Trinajstić information content (AvgIpc) is 2.75. The molecule has 0 aliphatic heterocycles. The molecule has 88 valence electrons. The highest BCUT2D eigenvalue weighted by atomic mass is 79.9. The number of rotatable bonds is 3. The predicted octanol–water partition coefficient (Wildman–Crippen LogP) is 4.16. The van der Waals surface area contributed by atoms with Crippen molar-refractivity contribution in [3.8, 4) is 0 Å². The largest absolute Gasteiger partial charge is 0.457 e. The third-order valence-electron chi connectivity index (χ3n) is 2.07. The van der Waals surface area contributed by atoms with E-state index < -0.39 is 0 Å². The standard InChI is InChI=1S/C12H9BrO2S2/c13-9-3-1-8(2-4-9)6-15-12(14)11-5-10(16)7-17-11/h1-5,7,16H,6H2. The van der Waals surface area contributed by atoms with Crippen LogP contribution < -0.4 is 0 Å². The Morgan fingerprint density at radius 1 is 1.35 bits per heavy atom. The van der Waals surface area contributed by atoms with Crippen LogP contribution in [0.5, 0.6) is 0 Å². The van der Waals surface area contributed by atoms with E-state index in [1.807, 2.05) is 24.3 Å². The highest BCUT2D eigenvalue weighted by Crippen LogP contribution is 2.19. The molecule has 1 aromatic heterocycles. The number of esters is 1. The molecule has 0 atom stereocenters. The topological polar surface area (TPSA) is 26.3 Å². The van der Waals surface area contributed by atoms with Crippen LogP contribution >= 0.6 is 39.9 Å². The summed E-state index contributed by atoms with van der Waals surface area (Å²) in [5.41, 5.74) is 0.962. The molecule has 5 heteroatoms. The molecule has 0 saturated heterocycles. The van der Waals surface area contributed by atoms with Gasteiger partial charge in [-0.1, -0.05) is 28.1 Å². The summed E-state index contributed by atoms with van der Waals surface area (Å²) >= 11 is 8.83. The van der Waals surface area contributed by atoms with Crippen molar-refractivity contribution in [3.05, 3.63) is 50.6 Å². The maximum Gasteiger partial charge on any atom is 0.348 e. The van der Waals surface area contributed by atoms with Gasteiger partial charge in [0, 0.05) is 14.7 Å². The molecule has 0 unspecified atom stereocenters. The monoisotopic (exact) mass is 328 g/mol. The molecule has 2 aromatic rings. The molecule has 0 aliphatic rings. The molecule has 0 spiro atoms. The summed E-state index contributed by atoms with van der Waals surface area (Å²) in [6.45, 7) is 0.284. The van der Waals surface area contributed by atoms with Crippen molar-refractivity contribution in [2.45, 2.75) is 11.5 Å². The van der Waals surface area contributed by atoms with E-state index in [9.17, 15) is 4.79 Å². The van der Waals surface area contributed by atoms with E-state index >= 15 is 0 Å². The Hall–Kier alpha value is -0.780. The molecule has 0 bridgehead atoms. The van der Waals surface area contributed by atoms with Crippen molar-refractivity contribution in [1.82, 2.24) is 0 Å². The summed E-state index contributed by atoms with van der Waals surface area (Å²) < 4.78 is 6.19. The Kier molecular flexibility index (Phi) is 4.25. The van der Waals surface area contributed by atoms with Crippen LogP contribution in [0, 0.1) is 0 Å². The Labute approximate surface area is 117 Å². The predicted molar refractivity (Wildman–Crippen MR) is 74.8 cm³/mol. The molecule has 0 fully saturated rings. The lowest BCUT2D eigenvalue weighted by atomic mass is 10.2. The second-order valence-corrected chi connectivity index (χ2v) is 5.72. The molecule has 17 heavy (non-hydrogen) atoms. The van der Waals surface area contributed by atoms with Gasteiger partial charge in [0.2, 0.25) is 0 Å². The number of benzene rings is 1. The van der Waals surface area contributed by atoms with Gasteiger partial charge in [-0.15, -0.1) is 24.0 Å². The van der Waals surface area contributed by atoms with E-state index in [2.05, 4.69) is 28.6 Å². The van der Waals surface area contributed by atoms with Gasteiger partial charge in [-0.2, -0.15) is 0 Å². The fraction of sp³-hybridized carbons (Fsp3) is 0.0833. The number of thiol groups is 1. The van der Waals surface area contributed by atoms with Gasteiger partial charge in [0.25, 0.3) is 0 Å². The van der Waals surface area contributed by atoms with E-state index in [0.717, 1.165) is 14.9 Å². The van der Waals surface area contributed by atoms with Crippen molar-refractivity contribution < 1.29 is 9.53 Å². The second kappa shape index (κ2) is 5.71. The number of hydrogen-bond donors (Lipinski definition) is 1. The van der Waals surface area contributed by atoms with Gasteiger partial charge in [0.15, 0.2) is 0 Å². The molecule has 1 heterocycles. The van der Waals surface area contributed by atoms with Crippen LogP contribution in [0.3, 0.4) is 0 Å². The number of carbonyl (C=O) groups is 1. The maximum atomic E-state index is 11.6. The first kappa shape index (κ1) is 12.7. The van der Waals surface area contributed by atoms with Crippen molar-refractivity contribution in [2.24, 2.45) is 0 Å². The van der Waals surface area contributed by atoms with E-state index in [0.29, 0.717) is 4.88 Å². The van der Waals surface area contributed by atoms with E-state index in [-0.39, 0.29) is 12.6 Å². The third kappa shape index (κ3) is 3.59. The summed E-state index contributed by atoms with van der Waals surface area (Å²) in [7, 11) is 0. The summed E-state index contributed by atoms with van der Waals surface area (Å²) in [4.78, 5) is 13.0. The zero-order chi connectivity index (χ0) is 12.3. The first-order valence-electron chi connectivity index (χ1n) is 4.84. The van der Waals surface area contributed by atoms with Crippen LogP contribution in [-0.2, 0) is 11.3 Å². The van der Waals surface area contributed by atoms with Crippen LogP contribution in [0.15, 0.2) is 45.1 Å². The molecule has 0 saturated carbocycles. The van der Waals surface area contributed by atoms with Crippen LogP contribution in [0.4, 0.5) is 0 Å². The molecule has 0 N–H and O–H groups in total. The zero-order valence-corrected chi connectivity index (χ0v) is 12.0. The quantitative estimate of drug-likeness (QED) is 0.676. The van der Waals surface area contributed by atoms with Gasteiger partial charge in [-0.25, -0.2) is 4.79 Å². The molecule has 2 rings (SSSR count). The average molecular weight is 329 g/mol. The summed E-state index contributed by atoms with van der Waals surface area (Å²) in [6, 6.07) is 9.36. The SMILES string of the molecule is O=C(OCc1ccc(Br)cc1)c1cc(S)cs1. The maximum absolute atomic E-state index is 11.6. The summed E-state index contributed by atoms with van der Waals surface area (Å²) in [5.74, 6) is -0.307. The molecule has 1 aromatic carbocycles. The summed E-state index contributed by atoms with van der Waals surface area (Å²) in [6.07, 6.45) is 0. The minimum atomic E-state index is -0.307. The van der Waals surface area contributed by atoms with Crippen LogP contribution in [0.1, 0.15) is 15.2 Å². The fourth-order valence-electron chi connectivity index (χ4n) is 1.23. The molecule has 0 aliphatic carbocycles. The van der Waals surface area contributed by atoms with Gasteiger partial charge in [-0.05, 0) is 23.8 Å². The number of thiophene rings is 1. The van der Waals surface area contributed by atoms with Gasteiger partial charge in [0.1, 0.15) is 11.5 Å². The Morgan fingerprint density at radius 3 is 2.65 bits per heavy atom. The van der Waals surface area contributed by atoms with E-state index in [1.54, 1.807) is 11.4 Å². The number of carbonyl (C=O) groups excluding carboxylic acids is 1. The lowest BCUT2D eigenvalue weighted by Crippen LogP contribution is -2.02. The Balaban J connectivity index is 1.94. The first-order chi connectivity index (χ1) is 8.15. The molecular formula is C12H9BrO2S2. The van der Waals surface area contributed by atoms with Crippen LogP contribution in [0.25, 0.3) is 0 Å². The van der Waals surface area contributed by atoms with Gasteiger partial charge >= 0.3 is 5.97 Å². The lowest BCUT2D eigenvalue weighted by Gasteiger charge is -2.03. The number of halogens is 1. The van der Waals surface area contributed by atoms with Crippen molar-refractivity contribution >= 4 is 45.9 Å². The minimum absolute atomic E-state index is 0.284. The minimum Gasteiger partial charge on any atom is -0.457 e. The van der Waals surface area contributed by atoms with Crippen LogP contribution in [0.2, 0.25) is 0 Å². The molecule has 0 radical (unpaired) electrons. The molecular weight excluding hydrogens is 320 g/mol. The zero-order valence-electron chi connectivity index (χ0n) is 8.72. The van der Waals surface area contributed by atoms with Gasteiger partial charge in [0.05, 0.1) is 0 Å². The Morgan fingerprint density at radius 2 is 2.06 bits per heavy atom. The summed E-state index contributed by atoms with van der Waals surface area (Å²) in [5, 5.41) is 1.80. The fourth-order valence-corrected chi connectivity index (χ4v) is 2.54. The van der Waals surface area contributed by atoms with Gasteiger partial charge in [-0.3, -0.25) is 0 Å². The highest BCUT2D eigenvalue weighted by Gasteiger charge is 2.09. The third-order valence-corrected chi connectivity index (χ3v) is 3.94. The van der Waals surface area contributed by atoms with Crippen LogP contribution in [-0.4, -0.2) is 5.97 Å². The molecule has 0 amide bonds. The normalized spacial score (nSPS) is 10.2. The highest BCUT2D eigenvalue weighted by molar-refractivity contribution is 9.10. The Bertz CT molecular complexity index is 520. The number of hydrogen-bond acceptors (Lipinski definition) is 4.